The van der Waals surface area contributed by atoms with E-state index < -0.39 is 0 Å². The van der Waals surface area contributed by atoms with Crippen molar-refractivity contribution in [3.05, 3.63) is 64.5 Å². The molecule has 4 rings (SSSR count). The Morgan fingerprint density at radius 1 is 1.12 bits per heavy atom. The minimum Gasteiger partial charge on any atom is -0.462 e. The Morgan fingerprint density at radius 2 is 1.88 bits per heavy atom. The maximum absolute atomic E-state index is 12.2. The number of hydrogen-bond donors (Lipinski definition) is 0. The fourth-order valence-electron chi connectivity index (χ4n) is 3.13. The highest BCUT2D eigenvalue weighted by Gasteiger charge is 2.28. The Hall–Kier alpha value is -2.31. The minimum absolute atomic E-state index is 0.175. The topological polar surface area (TPSA) is 49.0 Å². The molecular formula is C20H21N3O2S. The van der Waals surface area contributed by atoms with E-state index in [1.54, 1.807) is 6.08 Å². The van der Waals surface area contributed by atoms with E-state index in [2.05, 4.69) is 39.1 Å². The molecule has 1 amide bonds. The Labute approximate surface area is 157 Å². The lowest BCUT2D eigenvalue weighted by Gasteiger charge is -2.35. The van der Waals surface area contributed by atoms with Crippen LogP contribution in [0.2, 0.25) is 0 Å². The second-order valence-corrected chi connectivity index (χ2v) is 7.52. The zero-order chi connectivity index (χ0) is 17.9. The van der Waals surface area contributed by atoms with Crippen molar-refractivity contribution in [3.63, 3.8) is 0 Å². The van der Waals surface area contributed by atoms with Gasteiger partial charge in [-0.15, -0.1) is 0 Å². The van der Waals surface area contributed by atoms with E-state index in [-0.39, 0.29) is 5.91 Å². The van der Waals surface area contributed by atoms with Gasteiger partial charge in [0.2, 0.25) is 0 Å². The molecule has 1 saturated heterocycles. The van der Waals surface area contributed by atoms with Gasteiger partial charge in [-0.1, -0.05) is 30.3 Å². The highest BCUT2D eigenvalue weighted by Crippen LogP contribution is 2.31. The number of thioether (sulfide) groups is 1. The largest absolute Gasteiger partial charge is 0.462 e. The summed E-state index contributed by atoms with van der Waals surface area (Å²) in [6, 6.07) is 14.3. The molecule has 0 radical (unpaired) electrons. The van der Waals surface area contributed by atoms with Crippen LogP contribution in [0.5, 0.6) is 0 Å². The van der Waals surface area contributed by atoms with Crippen LogP contribution in [-0.4, -0.2) is 47.1 Å². The van der Waals surface area contributed by atoms with E-state index in [1.807, 2.05) is 25.1 Å². The first-order valence-corrected chi connectivity index (χ1v) is 9.59. The molecular weight excluding hydrogens is 346 g/mol. The molecule has 0 bridgehead atoms. The van der Waals surface area contributed by atoms with Gasteiger partial charge in [0.05, 0.1) is 4.91 Å². The number of hydrogen-bond acceptors (Lipinski definition) is 5. The SMILES string of the molecule is Cc1ccc(/C=C2\SC(N3CCN(Cc4ccccc4)CC3)=NC2=O)o1. The smallest absolute Gasteiger partial charge is 0.286 e. The summed E-state index contributed by atoms with van der Waals surface area (Å²) >= 11 is 1.44. The van der Waals surface area contributed by atoms with Gasteiger partial charge in [0.25, 0.3) is 5.91 Å². The number of benzene rings is 1. The van der Waals surface area contributed by atoms with E-state index in [9.17, 15) is 4.79 Å². The molecule has 0 N–H and O–H groups in total. The first-order chi connectivity index (χ1) is 12.7. The fourth-order valence-corrected chi connectivity index (χ4v) is 4.08. The predicted octanol–water partition coefficient (Wildman–Crippen LogP) is 3.38. The third kappa shape index (κ3) is 3.92. The minimum atomic E-state index is -0.175. The van der Waals surface area contributed by atoms with Crippen LogP contribution in [0, 0.1) is 6.92 Å². The zero-order valence-corrected chi connectivity index (χ0v) is 15.5. The van der Waals surface area contributed by atoms with Crippen molar-refractivity contribution in [1.82, 2.24) is 9.80 Å². The van der Waals surface area contributed by atoms with Gasteiger partial charge in [-0.25, -0.2) is 0 Å². The molecule has 0 unspecified atom stereocenters. The molecule has 1 aromatic carbocycles. The number of furan rings is 1. The number of amidine groups is 1. The van der Waals surface area contributed by atoms with Gasteiger partial charge < -0.3 is 9.32 Å². The van der Waals surface area contributed by atoms with Crippen LogP contribution < -0.4 is 0 Å². The van der Waals surface area contributed by atoms with E-state index >= 15 is 0 Å². The summed E-state index contributed by atoms with van der Waals surface area (Å²) in [4.78, 5) is 21.7. The molecule has 6 heteroatoms. The van der Waals surface area contributed by atoms with Gasteiger partial charge in [-0.2, -0.15) is 4.99 Å². The quantitative estimate of drug-likeness (QED) is 0.779. The number of rotatable bonds is 3. The molecule has 0 atom stereocenters. The lowest BCUT2D eigenvalue weighted by atomic mass is 10.2. The number of amides is 1. The van der Waals surface area contributed by atoms with Crippen molar-refractivity contribution >= 4 is 28.9 Å². The summed E-state index contributed by atoms with van der Waals surface area (Å²) in [5.41, 5.74) is 1.34. The van der Waals surface area contributed by atoms with Crippen molar-refractivity contribution in [2.24, 2.45) is 4.99 Å². The molecule has 134 valence electrons. The van der Waals surface area contributed by atoms with Crippen molar-refractivity contribution in [2.45, 2.75) is 13.5 Å². The summed E-state index contributed by atoms with van der Waals surface area (Å²) in [5, 5.41) is 0.809. The molecule has 3 heterocycles. The zero-order valence-electron chi connectivity index (χ0n) is 14.7. The molecule has 0 spiro atoms. The van der Waals surface area contributed by atoms with Crippen LogP contribution >= 0.6 is 11.8 Å². The lowest BCUT2D eigenvalue weighted by Crippen LogP contribution is -2.47. The van der Waals surface area contributed by atoms with Crippen LogP contribution in [0.3, 0.4) is 0 Å². The Kier molecular flexibility index (Phi) is 4.95. The summed E-state index contributed by atoms with van der Waals surface area (Å²) in [7, 11) is 0. The van der Waals surface area contributed by atoms with Gasteiger partial charge in [-0.05, 0) is 36.4 Å². The highest BCUT2D eigenvalue weighted by molar-refractivity contribution is 8.18. The maximum atomic E-state index is 12.2. The van der Waals surface area contributed by atoms with E-state index in [1.165, 1.54) is 17.3 Å². The van der Waals surface area contributed by atoms with Crippen molar-refractivity contribution in [3.8, 4) is 0 Å². The first kappa shape index (κ1) is 17.1. The average molecular weight is 367 g/mol. The summed E-state index contributed by atoms with van der Waals surface area (Å²) in [5.74, 6) is 1.36. The Morgan fingerprint density at radius 3 is 2.58 bits per heavy atom. The number of nitrogens with zero attached hydrogens (tertiary/aromatic N) is 3. The number of piperazine rings is 1. The first-order valence-electron chi connectivity index (χ1n) is 8.77. The molecule has 0 saturated carbocycles. The summed E-state index contributed by atoms with van der Waals surface area (Å²) in [6.07, 6.45) is 1.78. The van der Waals surface area contributed by atoms with E-state index in [0.29, 0.717) is 10.7 Å². The second kappa shape index (κ2) is 7.51. The fraction of sp³-hybridized carbons (Fsp3) is 0.300. The van der Waals surface area contributed by atoms with Crippen molar-refractivity contribution in [1.29, 1.82) is 0 Å². The molecule has 1 fully saturated rings. The number of aliphatic imine (C=N–C) groups is 1. The molecule has 1 aromatic heterocycles. The second-order valence-electron chi connectivity index (χ2n) is 6.51. The number of carbonyl (C=O) groups excluding carboxylic acids is 1. The maximum Gasteiger partial charge on any atom is 0.286 e. The molecule has 2 aliphatic heterocycles. The molecule has 26 heavy (non-hydrogen) atoms. The van der Waals surface area contributed by atoms with Crippen LogP contribution in [0.1, 0.15) is 17.1 Å². The highest BCUT2D eigenvalue weighted by atomic mass is 32.2. The molecule has 2 aliphatic rings. The van der Waals surface area contributed by atoms with Crippen molar-refractivity contribution in [2.75, 3.05) is 26.2 Å². The predicted molar refractivity (Wildman–Crippen MR) is 105 cm³/mol. The number of aryl methyl sites for hydroxylation is 1. The Bertz CT molecular complexity index is 849. The number of carbonyl (C=O) groups is 1. The summed E-state index contributed by atoms with van der Waals surface area (Å²) in [6.45, 7) is 6.58. The lowest BCUT2D eigenvalue weighted by molar-refractivity contribution is -0.113. The van der Waals surface area contributed by atoms with Crippen LogP contribution in [-0.2, 0) is 11.3 Å². The van der Waals surface area contributed by atoms with Gasteiger partial charge in [0, 0.05) is 38.8 Å². The molecule has 0 aliphatic carbocycles. The normalized spacial score (nSPS) is 20.0. The van der Waals surface area contributed by atoms with Crippen molar-refractivity contribution < 1.29 is 9.21 Å². The summed E-state index contributed by atoms with van der Waals surface area (Å²) < 4.78 is 5.53. The molecule has 5 nitrogen and oxygen atoms in total. The third-order valence-electron chi connectivity index (χ3n) is 4.54. The third-order valence-corrected chi connectivity index (χ3v) is 5.58. The Balaban J connectivity index is 1.34. The van der Waals surface area contributed by atoms with Gasteiger partial charge in [0.15, 0.2) is 5.17 Å². The van der Waals surface area contributed by atoms with Crippen LogP contribution in [0.4, 0.5) is 0 Å². The molecule has 2 aromatic rings. The average Bonchev–Trinajstić information content (AvgIpc) is 3.23. The monoisotopic (exact) mass is 367 g/mol. The van der Waals surface area contributed by atoms with Crippen LogP contribution in [0.25, 0.3) is 6.08 Å². The van der Waals surface area contributed by atoms with E-state index in [4.69, 9.17) is 4.42 Å². The van der Waals surface area contributed by atoms with E-state index in [0.717, 1.165) is 43.7 Å². The van der Waals surface area contributed by atoms with Gasteiger partial charge in [0.1, 0.15) is 11.5 Å². The standard InChI is InChI=1S/C20H21N3O2S/c1-15-7-8-17(25-15)13-18-19(24)21-20(26-18)23-11-9-22(10-12-23)14-16-5-3-2-4-6-16/h2-8,13H,9-12,14H2,1H3/b18-13-. The van der Waals surface area contributed by atoms with Gasteiger partial charge in [-0.3, -0.25) is 9.69 Å². The van der Waals surface area contributed by atoms with Gasteiger partial charge >= 0.3 is 0 Å². The van der Waals surface area contributed by atoms with Crippen LogP contribution in [0.15, 0.2) is 56.8 Å².